The third kappa shape index (κ3) is 2.55. The van der Waals surface area contributed by atoms with Crippen LogP contribution in [0.4, 0.5) is 0 Å². The van der Waals surface area contributed by atoms with Gasteiger partial charge in [-0.2, -0.15) is 0 Å². The standard InChI is InChI=1S/C19H15NO5/c1-9-3-4-11-7-13(18(22)20-14(11)5-9)12-8-16(21)25-15-6-10(2)24-19(23)17(12)15/h3-7,12H,8H2,1-2H3,(H,20,22). The SMILES string of the molecule is Cc1ccc2cc(C3CC(=O)Oc4cc(C)oc(=O)c43)c(=O)[nH]c2c1. The summed E-state index contributed by atoms with van der Waals surface area (Å²) in [4.78, 5) is 39.7. The minimum Gasteiger partial charge on any atom is -0.428 e. The molecule has 6 nitrogen and oxygen atoms in total. The minimum absolute atomic E-state index is 0.0821. The number of fused-ring (bicyclic) bond motifs is 2. The molecule has 0 aliphatic carbocycles. The fraction of sp³-hybridized carbons (Fsp3) is 0.211. The van der Waals surface area contributed by atoms with Gasteiger partial charge in [-0.25, -0.2) is 4.79 Å². The maximum absolute atomic E-state index is 12.6. The van der Waals surface area contributed by atoms with E-state index in [1.54, 1.807) is 13.0 Å². The molecule has 0 bridgehead atoms. The molecule has 1 N–H and O–H groups in total. The summed E-state index contributed by atoms with van der Waals surface area (Å²) in [6.07, 6.45) is -0.0821. The third-order valence-corrected chi connectivity index (χ3v) is 4.42. The van der Waals surface area contributed by atoms with Crippen molar-refractivity contribution in [3.8, 4) is 5.75 Å². The van der Waals surface area contributed by atoms with Gasteiger partial charge in [0.25, 0.3) is 5.56 Å². The Hall–Kier alpha value is -3.15. The number of esters is 1. The van der Waals surface area contributed by atoms with Crippen molar-refractivity contribution in [1.82, 2.24) is 4.98 Å². The molecular weight excluding hydrogens is 322 g/mol. The quantitative estimate of drug-likeness (QED) is 0.689. The molecule has 0 saturated heterocycles. The van der Waals surface area contributed by atoms with E-state index < -0.39 is 17.5 Å². The first kappa shape index (κ1) is 15.4. The summed E-state index contributed by atoms with van der Waals surface area (Å²) in [6.45, 7) is 3.54. The number of carbonyl (C=O) groups is 1. The lowest BCUT2D eigenvalue weighted by molar-refractivity contribution is -0.135. The van der Waals surface area contributed by atoms with Crippen molar-refractivity contribution < 1.29 is 13.9 Å². The van der Waals surface area contributed by atoms with Gasteiger partial charge >= 0.3 is 11.6 Å². The lowest BCUT2D eigenvalue weighted by Gasteiger charge is -2.23. The molecule has 0 radical (unpaired) electrons. The first-order valence-electron chi connectivity index (χ1n) is 7.91. The van der Waals surface area contributed by atoms with Gasteiger partial charge in [0, 0.05) is 23.1 Å². The van der Waals surface area contributed by atoms with Gasteiger partial charge in [0.1, 0.15) is 11.5 Å². The lowest BCUT2D eigenvalue weighted by atomic mass is 9.87. The molecule has 0 amide bonds. The third-order valence-electron chi connectivity index (χ3n) is 4.42. The molecule has 0 fully saturated rings. The second kappa shape index (κ2) is 5.44. The molecule has 0 spiro atoms. The average molecular weight is 337 g/mol. The van der Waals surface area contributed by atoms with E-state index in [-0.39, 0.29) is 23.3 Å². The van der Waals surface area contributed by atoms with Crippen molar-refractivity contribution in [2.75, 3.05) is 0 Å². The maximum atomic E-state index is 12.6. The molecule has 4 rings (SSSR count). The second-order valence-electron chi connectivity index (χ2n) is 6.30. The van der Waals surface area contributed by atoms with Crippen molar-refractivity contribution in [2.24, 2.45) is 0 Å². The van der Waals surface area contributed by atoms with Crippen LogP contribution in [0.2, 0.25) is 0 Å². The number of rotatable bonds is 1. The summed E-state index contributed by atoms with van der Waals surface area (Å²) >= 11 is 0. The van der Waals surface area contributed by atoms with E-state index in [0.29, 0.717) is 16.8 Å². The zero-order valence-corrected chi connectivity index (χ0v) is 13.7. The van der Waals surface area contributed by atoms with Gasteiger partial charge < -0.3 is 14.1 Å². The number of aryl methyl sites for hydroxylation is 2. The van der Waals surface area contributed by atoms with Crippen molar-refractivity contribution in [3.05, 3.63) is 73.6 Å². The molecule has 1 aliphatic heterocycles. The molecular formula is C19H15NO5. The van der Waals surface area contributed by atoms with Gasteiger partial charge in [-0.1, -0.05) is 12.1 Å². The largest absolute Gasteiger partial charge is 0.428 e. The predicted molar refractivity (Wildman–Crippen MR) is 91.1 cm³/mol. The molecule has 1 aliphatic rings. The second-order valence-corrected chi connectivity index (χ2v) is 6.30. The van der Waals surface area contributed by atoms with E-state index in [1.807, 2.05) is 25.1 Å². The normalized spacial score (nSPS) is 16.6. The van der Waals surface area contributed by atoms with E-state index in [9.17, 15) is 14.4 Å². The van der Waals surface area contributed by atoms with E-state index in [2.05, 4.69) is 4.98 Å². The van der Waals surface area contributed by atoms with Crippen molar-refractivity contribution in [3.63, 3.8) is 0 Å². The summed E-state index contributed by atoms with van der Waals surface area (Å²) < 4.78 is 10.3. The highest BCUT2D eigenvalue weighted by Crippen LogP contribution is 2.36. The van der Waals surface area contributed by atoms with Crippen LogP contribution in [-0.2, 0) is 4.79 Å². The van der Waals surface area contributed by atoms with Crippen LogP contribution in [0, 0.1) is 13.8 Å². The Kier molecular flexibility index (Phi) is 3.35. The van der Waals surface area contributed by atoms with Gasteiger partial charge in [-0.05, 0) is 36.9 Å². The van der Waals surface area contributed by atoms with Gasteiger partial charge in [0.15, 0.2) is 0 Å². The number of nitrogens with one attached hydrogen (secondary N) is 1. The molecule has 6 heteroatoms. The number of benzene rings is 1. The number of aromatic amines is 1. The number of H-pyrrole nitrogens is 1. The highest BCUT2D eigenvalue weighted by Gasteiger charge is 2.34. The molecule has 126 valence electrons. The highest BCUT2D eigenvalue weighted by molar-refractivity contribution is 5.81. The summed E-state index contributed by atoms with van der Waals surface area (Å²) in [7, 11) is 0. The van der Waals surface area contributed by atoms with Crippen LogP contribution < -0.4 is 15.9 Å². The smallest absolute Gasteiger partial charge is 0.343 e. The van der Waals surface area contributed by atoms with E-state index >= 15 is 0 Å². The summed E-state index contributed by atoms with van der Waals surface area (Å²) in [5, 5.41) is 0.831. The molecule has 0 saturated carbocycles. The average Bonchev–Trinajstić information content (AvgIpc) is 2.52. The monoisotopic (exact) mass is 337 g/mol. The number of ether oxygens (including phenoxy) is 1. The summed E-state index contributed by atoms with van der Waals surface area (Å²) in [6, 6.07) is 8.93. The Bertz CT molecular complexity index is 1140. The highest BCUT2D eigenvalue weighted by atomic mass is 16.5. The maximum Gasteiger partial charge on any atom is 0.343 e. The molecule has 25 heavy (non-hydrogen) atoms. The first-order chi connectivity index (χ1) is 11.9. The molecule has 3 aromatic rings. The summed E-state index contributed by atoms with van der Waals surface area (Å²) in [5.41, 5.74) is 1.38. The minimum atomic E-state index is -0.692. The molecule has 2 aromatic heterocycles. The van der Waals surface area contributed by atoms with Crippen LogP contribution in [0.3, 0.4) is 0 Å². The Labute approximate surface area is 142 Å². The van der Waals surface area contributed by atoms with Crippen LogP contribution in [0.5, 0.6) is 5.75 Å². The Morgan fingerprint density at radius 1 is 1.08 bits per heavy atom. The first-order valence-corrected chi connectivity index (χ1v) is 7.91. The van der Waals surface area contributed by atoms with Gasteiger partial charge in [-0.15, -0.1) is 0 Å². The Balaban J connectivity index is 1.97. The van der Waals surface area contributed by atoms with Crippen LogP contribution in [0.1, 0.15) is 34.8 Å². The fourth-order valence-corrected chi connectivity index (χ4v) is 3.28. The number of pyridine rings is 1. The zero-order chi connectivity index (χ0) is 17.7. The van der Waals surface area contributed by atoms with Crippen molar-refractivity contribution in [2.45, 2.75) is 26.2 Å². The molecule has 1 atom stereocenters. The van der Waals surface area contributed by atoms with Crippen LogP contribution >= 0.6 is 0 Å². The van der Waals surface area contributed by atoms with Gasteiger partial charge in [-0.3, -0.25) is 9.59 Å². The fourth-order valence-electron chi connectivity index (χ4n) is 3.28. The molecule has 1 unspecified atom stereocenters. The number of hydrogen-bond donors (Lipinski definition) is 1. The predicted octanol–water partition coefficient (Wildman–Crippen LogP) is 2.54. The van der Waals surface area contributed by atoms with Gasteiger partial charge in [0.2, 0.25) is 0 Å². The van der Waals surface area contributed by atoms with Crippen LogP contribution in [0.25, 0.3) is 10.9 Å². The Morgan fingerprint density at radius 2 is 1.88 bits per heavy atom. The van der Waals surface area contributed by atoms with Gasteiger partial charge in [0.05, 0.1) is 12.0 Å². The van der Waals surface area contributed by atoms with E-state index in [1.165, 1.54) is 6.07 Å². The topological polar surface area (TPSA) is 89.4 Å². The van der Waals surface area contributed by atoms with Crippen LogP contribution in [0.15, 0.2) is 44.3 Å². The zero-order valence-electron chi connectivity index (χ0n) is 13.7. The number of aromatic nitrogens is 1. The summed E-state index contributed by atoms with van der Waals surface area (Å²) in [5.74, 6) is -0.660. The van der Waals surface area contributed by atoms with Crippen molar-refractivity contribution in [1.29, 1.82) is 0 Å². The van der Waals surface area contributed by atoms with Crippen molar-refractivity contribution >= 4 is 16.9 Å². The van der Waals surface area contributed by atoms with E-state index in [0.717, 1.165) is 10.9 Å². The molecule has 1 aromatic carbocycles. The molecule has 3 heterocycles. The van der Waals surface area contributed by atoms with Crippen LogP contribution in [-0.4, -0.2) is 11.0 Å². The number of hydrogen-bond acceptors (Lipinski definition) is 5. The Morgan fingerprint density at radius 3 is 2.68 bits per heavy atom. The number of carbonyl (C=O) groups excluding carboxylic acids is 1. The lowest BCUT2D eigenvalue weighted by Crippen LogP contribution is -2.30. The van der Waals surface area contributed by atoms with E-state index in [4.69, 9.17) is 9.15 Å².